The molecule has 3 aromatic rings. The number of aryl methyl sites for hydroxylation is 1. The summed E-state index contributed by atoms with van der Waals surface area (Å²) in [6.45, 7) is 3.73. The molecule has 0 aliphatic heterocycles. The maximum atomic E-state index is 13.9. The van der Waals surface area contributed by atoms with Gasteiger partial charge in [0.05, 0.1) is 23.7 Å². The second-order valence-electron chi connectivity index (χ2n) is 6.49. The maximum absolute atomic E-state index is 13.9. The van der Waals surface area contributed by atoms with Gasteiger partial charge in [0.2, 0.25) is 0 Å². The highest BCUT2D eigenvalue weighted by Crippen LogP contribution is 2.35. The Morgan fingerprint density at radius 2 is 1.64 bits per heavy atom. The van der Waals surface area contributed by atoms with E-state index in [-0.39, 0.29) is 10.6 Å². The Morgan fingerprint density at radius 3 is 2.25 bits per heavy atom. The van der Waals surface area contributed by atoms with Crippen molar-refractivity contribution >= 4 is 15.7 Å². The molecular formula is C22H22FNO3S. The van der Waals surface area contributed by atoms with Crippen LogP contribution in [0.15, 0.2) is 77.7 Å². The first kappa shape index (κ1) is 19.9. The summed E-state index contributed by atoms with van der Waals surface area (Å²) in [5, 5.41) is 0. The van der Waals surface area contributed by atoms with E-state index >= 15 is 0 Å². The van der Waals surface area contributed by atoms with Crippen molar-refractivity contribution in [3.05, 3.63) is 89.7 Å². The van der Waals surface area contributed by atoms with E-state index in [0.717, 1.165) is 11.1 Å². The Balaban J connectivity index is 2.16. The van der Waals surface area contributed by atoms with Gasteiger partial charge < -0.3 is 4.74 Å². The number of ether oxygens (including phenoxy) is 1. The standard InChI is InChI=1S/C22H22FNO3S/c1-16-7-4-5-10-22(16)17(2)24(19-9-6-8-18(23)15-19)28(25,26)21-13-11-20(27-3)12-14-21/h4-15,17H,1-3H3/t17-/m0/s1. The number of hydrogen-bond donors (Lipinski definition) is 0. The summed E-state index contributed by atoms with van der Waals surface area (Å²) in [5.74, 6) is 0.0626. The summed E-state index contributed by atoms with van der Waals surface area (Å²) in [6, 6.07) is 18.8. The van der Waals surface area contributed by atoms with Crippen LogP contribution in [0.5, 0.6) is 5.75 Å². The monoisotopic (exact) mass is 399 g/mol. The average Bonchev–Trinajstić information content (AvgIpc) is 2.68. The number of methoxy groups -OCH3 is 1. The second kappa shape index (κ2) is 8.02. The van der Waals surface area contributed by atoms with E-state index in [9.17, 15) is 12.8 Å². The van der Waals surface area contributed by atoms with E-state index in [2.05, 4.69) is 0 Å². The van der Waals surface area contributed by atoms with Crippen molar-refractivity contribution in [3.8, 4) is 5.75 Å². The van der Waals surface area contributed by atoms with Crippen molar-refractivity contribution in [2.45, 2.75) is 24.8 Å². The largest absolute Gasteiger partial charge is 0.497 e. The lowest BCUT2D eigenvalue weighted by atomic mass is 10.0. The predicted molar refractivity (Wildman–Crippen MR) is 109 cm³/mol. The number of anilines is 1. The molecule has 4 nitrogen and oxygen atoms in total. The van der Waals surface area contributed by atoms with E-state index in [0.29, 0.717) is 5.75 Å². The van der Waals surface area contributed by atoms with Crippen LogP contribution in [-0.4, -0.2) is 15.5 Å². The molecular weight excluding hydrogens is 377 g/mol. The van der Waals surface area contributed by atoms with Crippen molar-refractivity contribution in [1.29, 1.82) is 0 Å². The summed E-state index contributed by atoms with van der Waals surface area (Å²) >= 11 is 0. The van der Waals surface area contributed by atoms with Gasteiger partial charge in [0.25, 0.3) is 10.0 Å². The molecule has 0 amide bonds. The van der Waals surface area contributed by atoms with Crippen LogP contribution in [0.25, 0.3) is 0 Å². The minimum absolute atomic E-state index is 0.109. The Morgan fingerprint density at radius 1 is 0.964 bits per heavy atom. The van der Waals surface area contributed by atoms with Crippen molar-refractivity contribution in [3.63, 3.8) is 0 Å². The Kier molecular flexibility index (Phi) is 5.70. The van der Waals surface area contributed by atoms with Crippen LogP contribution >= 0.6 is 0 Å². The van der Waals surface area contributed by atoms with E-state index < -0.39 is 21.9 Å². The van der Waals surface area contributed by atoms with Gasteiger partial charge in [0, 0.05) is 0 Å². The van der Waals surface area contributed by atoms with Gasteiger partial charge >= 0.3 is 0 Å². The summed E-state index contributed by atoms with van der Waals surface area (Å²) in [6.07, 6.45) is 0. The molecule has 0 saturated heterocycles. The van der Waals surface area contributed by atoms with E-state index in [1.807, 2.05) is 31.2 Å². The summed E-state index contributed by atoms with van der Waals surface area (Å²) in [7, 11) is -2.43. The van der Waals surface area contributed by atoms with E-state index in [1.165, 1.54) is 41.7 Å². The van der Waals surface area contributed by atoms with Gasteiger partial charge in [-0.3, -0.25) is 4.31 Å². The summed E-state index contributed by atoms with van der Waals surface area (Å²) in [4.78, 5) is 0.109. The molecule has 0 unspecified atom stereocenters. The molecule has 146 valence electrons. The number of benzene rings is 3. The molecule has 3 aromatic carbocycles. The molecule has 0 bridgehead atoms. The zero-order valence-electron chi connectivity index (χ0n) is 16.0. The quantitative estimate of drug-likeness (QED) is 0.579. The van der Waals surface area contributed by atoms with Gasteiger partial charge in [-0.15, -0.1) is 0 Å². The lowest BCUT2D eigenvalue weighted by Crippen LogP contribution is -2.34. The van der Waals surface area contributed by atoms with Crippen molar-refractivity contribution in [2.24, 2.45) is 0 Å². The number of rotatable bonds is 6. The van der Waals surface area contributed by atoms with E-state index in [1.54, 1.807) is 25.1 Å². The SMILES string of the molecule is COc1ccc(S(=O)(=O)N(c2cccc(F)c2)[C@@H](C)c2ccccc2C)cc1. The van der Waals surface area contributed by atoms with Crippen LogP contribution in [0.1, 0.15) is 24.1 Å². The van der Waals surface area contributed by atoms with Gasteiger partial charge in [-0.2, -0.15) is 0 Å². The number of sulfonamides is 1. The normalized spacial score (nSPS) is 12.4. The average molecular weight is 399 g/mol. The van der Waals surface area contributed by atoms with Crippen molar-refractivity contribution in [2.75, 3.05) is 11.4 Å². The highest BCUT2D eigenvalue weighted by atomic mass is 32.2. The zero-order valence-corrected chi connectivity index (χ0v) is 16.8. The first-order valence-corrected chi connectivity index (χ1v) is 10.3. The van der Waals surface area contributed by atoms with Gasteiger partial charge in [-0.05, 0) is 67.4 Å². The third-order valence-corrected chi connectivity index (χ3v) is 6.58. The van der Waals surface area contributed by atoms with Gasteiger partial charge in [0.15, 0.2) is 0 Å². The molecule has 0 fully saturated rings. The van der Waals surface area contributed by atoms with Crippen LogP contribution in [0.4, 0.5) is 10.1 Å². The molecule has 0 spiro atoms. The molecule has 1 atom stereocenters. The smallest absolute Gasteiger partial charge is 0.264 e. The van der Waals surface area contributed by atoms with Crippen LogP contribution < -0.4 is 9.04 Å². The molecule has 0 aromatic heterocycles. The first-order valence-electron chi connectivity index (χ1n) is 8.84. The van der Waals surface area contributed by atoms with E-state index in [4.69, 9.17) is 4.74 Å². The summed E-state index contributed by atoms with van der Waals surface area (Å²) < 4.78 is 47.4. The van der Waals surface area contributed by atoms with Crippen LogP contribution in [0, 0.1) is 12.7 Å². The van der Waals surface area contributed by atoms with Crippen LogP contribution in [-0.2, 0) is 10.0 Å². The Labute approximate surface area is 165 Å². The molecule has 3 rings (SSSR count). The lowest BCUT2D eigenvalue weighted by Gasteiger charge is -2.31. The maximum Gasteiger partial charge on any atom is 0.264 e. The second-order valence-corrected chi connectivity index (χ2v) is 8.30. The third kappa shape index (κ3) is 3.87. The van der Waals surface area contributed by atoms with Crippen molar-refractivity contribution < 1.29 is 17.5 Å². The predicted octanol–water partition coefficient (Wildman–Crippen LogP) is 5.10. The van der Waals surface area contributed by atoms with Gasteiger partial charge in [-0.1, -0.05) is 30.3 Å². The summed E-state index contributed by atoms with van der Waals surface area (Å²) in [5.41, 5.74) is 2.08. The molecule has 0 heterocycles. The van der Waals surface area contributed by atoms with Gasteiger partial charge in [0.1, 0.15) is 11.6 Å². The fraction of sp³-hybridized carbons (Fsp3) is 0.182. The topological polar surface area (TPSA) is 46.6 Å². The highest BCUT2D eigenvalue weighted by Gasteiger charge is 2.31. The Bertz CT molecular complexity index is 1070. The van der Waals surface area contributed by atoms with Gasteiger partial charge in [-0.25, -0.2) is 12.8 Å². The fourth-order valence-corrected chi connectivity index (χ4v) is 4.85. The number of halogens is 1. The third-order valence-electron chi connectivity index (χ3n) is 4.67. The number of nitrogens with zero attached hydrogens (tertiary/aromatic N) is 1. The van der Waals surface area contributed by atoms with Crippen LogP contribution in [0.2, 0.25) is 0 Å². The molecule has 0 radical (unpaired) electrons. The highest BCUT2D eigenvalue weighted by molar-refractivity contribution is 7.92. The molecule has 6 heteroatoms. The molecule has 0 aliphatic rings. The number of hydrogen-bond acceptors (Lipinski definition) is 3. The first-order chi connectivity index (χ1) is 13.3. The lowest BCUT2D eigenvalue weighted by molar-refractivity contribution is 0.414. The molecule has 0 saturated carbocycles. The molecule has 28 heavy (non-hydrogen) atoms. The zero-order chi connectivity index (χ0) is 20.3. The van der Waals surface area contributed by atoms with Crippen molar-refractivity contribution in [1.82, 2.24) is 0 Å². The molecule has 0 aliphatic carbocycles. The van der Waals surface area contributed by atoms with Crippen LogP contribution in [0.3, 0.4) is 0 Å². The Hall–Kier alpha value is -2.86. The molecule has 0 N–H and O–H groups in total. The fourth-order valence-electron chi connectivity index (χ4n) is 3.23. The minimum Gasteiger partial charge on any atom is -0.497 e. The minimum atomic E-state index is -3.95.